The molecule has 0 bridgehead atoms. The van der Waals surface area contributed by atoms with E-state index in [-0.39, 0.29) is 18.2 Å². The van der Waals surface area contributed by atoms with Gasteiger partial charge >= 0.3 is 0 Å². The van der Waals surface area contributed by atoms with Crippen molar-refractivity contribution in [3.8, 4) is 0 Å². The number of rotatable bonds is 6. The molecule has 1 aliphatic rings. The predicted molar refractivity (Wildman–Crippen MR) is 118 cm³/mol. The Hall–Kier alpha value is -0.980. The highest BCUT2D eigenvalue weighted by Crippen LogP contribution is 2.43. The highest BCUT2D eigenvalue weighted by Gasteiger charge is 2.39. The molecule has 2 atom stereocenters. The molecule has 1 aliphatic heterocycles. The standard InChI is InChI=1S/C22H26BrF3NO2P/c1-13-8-14-9-16(30(28-4)29-5)6-7-17(14)21(27(13)12-22(2,3)26)20-18(24)10-15(23)11-19(20)25/h6-7,9-11,13,21H,8,12H2,1-5H3/t13-,21+/m1/s1. The molecule has 2 aromatic rings. The Morgan fingerprint density at radius 2 is 1.73 bits per heavy atom. The zero-order valence-corrected chi connectivity index (χ0v) is 20.2. The van der Waals surface area contributed by atoms with Crippen LogP contribution in [0.5, 0.6) is 0 Å². The number of benzene rings is 2. The molecular formula is C22H26BrF3NO2P. The average Bonchev–Trinajstić information content (AvgIpc) is 2.63. The summed E-state index contributed by atoms with van der Waals surface area (Å²) < 4.78 is 55.8. The van der Waals surface area contributed by atoms with E-state index in [9.17, 15) is 4.39 Å². The molecule has 2 aromatic carbocycles. The van der Waals surface area contributed by atoms with Crippen molar-refractivity contribution in [1.29, 1.82) is 0 Å². The van der Waals surface area contributed by atoms with Crippen molar-refractivity contribution in [2.75, 3.05) is 20.8 Å². The molecule has 8 heteroatoms. The van der Waals surface area contributed by atoms with Crippen LogP contribution in [0, 0.1) is 11.6 Å². The molecule has 164 valence electrons. The summed E-state index contributed by atoms with van der Waals surface area (Å²) in [5, 5.41) is 0.885. The molecule has 0 N–H and O–H groups in total. The van der Waals surface area contributed by atoms with Gasteiger partial charge in [-0.2, -0.15) is 0 Å². The number of hydrogen-bond donors (Lipinski definition) is 0. The summed E-state index contributed by atoms with van der Waals surface area (Å²) in [6.45, 7) is 4.97. The summed E-state index contributed by atoms with van der Waals surface area (Å²) >= 11 is 3.14. The SMILES string of the molecule is COP(OC)c1ccc2c(c1)C[C@@H](C)N(CC(C)(C)F)[C@@H]2c1c(F)cc(Br)cc1F. The molecule has 3 rings (SSSR count). The summed E-state index contributed by atoms with van der Waals surface area (Å²) in [6.07, 6.45) is 0.631. The molecule has 30 heavy (non-hydrogen) atoms. The summed E-state index contributed by atoms with van der Waals surface area (Å²) in [4.78, 5) is 1.85. The first-order valence-electron chi connectivity index (χ1n) is 9.66. The molecule has 1 heterocycles. The lowest BCUT2D eigenvalue weighted by Gasteiger charge is -2.44. The number of alkyl halides is 1. The average molecular weight is 504 g/mol. The van der Waals surface area contributed by atoms with Crippen LogP contribution in [-0.2, 0) is 15.5 Å². The smallest absolute Gasteiger partial charge is 0.204 e. The lowest BCUT2D eigenvalue weighted by atomic mass is 9.84. The maximum absolute atomic E-state index is 15.0. The fourth-order valence-corrected chi connectivity index (χ4v) is 5.55. The molecule has 0 aromatic heterocycles. The third-order valence-electron chi connectivity index (χ3n) is 5.25. The minimum atomic E-state index is -1.52. The van der Waals surface area contributed by atoms with E-state index in [0.717, 1.165) is 16.4 Å². The van der Waals surface area contributed by atoms with Gasteiger partial charge in [0.1, 0.15) is 17.3 Å². The van der Waals surface area contributed by atoms with Gasteiger partial charge in [-0.3, -0.25) is 4.90 Å². The Morgan fingerprint density at radius 1 is 1.13 bits per heavy atom. The fourth-order valence-electron chi connectivity index (χ4n) is 4.12. The molecule has 0 aliphatic carbocycles. The summed E-state index contributed by atoms with van der Waals surface area (Å²) in [6, 6.07) is 7.33. The first kappa shape index (κ1) is 23.7. The van der Waals surface area contributed by atoms with E-state index in [1.165, 1.54) is 26.0 Å². The molecule has 0 unspecified atom stereocenters. The van der Waals surface area contributed by atoms with E-state index in [1.807, 2.05) is 30.0 Å². The lowest BCUT2D eigenvalue weighted by Crippen LogP contribution is -2.48. The zero-order valence-electron chi connectivity index (χ0n) is 17.7. The van der Waals surface area contributed by atoms with Crippen LogP contribution in [-0.4, -0.2) is 37.4 Å². The van der Waals surface area contributed by atoms with E-state index < -0.39 is 31.7 Å². The molecule has 0 radical (unpaired) electrons. The van der Waals surface area contributed by atoms with Crippen molar-refractivity contribution in [1.82, 2.24) is 4.90 Å². The number of fused-ring (bicyclic) bond motifs is 1. The zero-order chi connectivity index (χ0) is 22.2. The molecule has 0 amide bonds. The Morgan fingerprint density at radius 3 is 2.27 bits per heavy atom. The van der Waals surface area contributed by atoms with Crippen molar-refractivity contribution in [3.63, 3.8) is 0 Å². The summed E-state index contributed by atoms with van der Waals surface area (Å²) in [5.74, 6) is -1.32. The molecule has 0 saturated heterocycles. The number of nitrogens with zero attached hydrogens (tertiary/aromatic N) is 1. The quantitative estimate of drug-likeness (QED) is 0.448. The van der Waals surface area contributed by atoms with Gasteiger partial charge in [-0.05, 0) is 62.6 Å². The van der Waals surface area contributed by atoms with E-state index in [4.69, 9.17) is 9.05 Å². The molecule has 0 fully saturated rings. The van der Waals surface area contributed by atoms with Crippen LogP contribution in [0.2, 0.25) is 0 Å². The van der Waals surface area contributed by atoms with Crippen LogP contribution < -0.4 is 5.30 Å². The van der Waals surface area contributed by atoms with E-state index in [1.54, 1.807) is 14.2 Å². The fraction of sp³-hybridized carbons (Fsp3) is 0.455. The third kappa shape index (κ3) is 4.91. The van der Waals surface area contributed by atoms with Gasteiger partial charge in [0, 0.05) is 42.1 Å². The Bertz CT molecular complexity index is 895. The maximum Gasteiger partial charge on any atom is 0.204 e. The Kier molecular flexibility index (Phi) is 7.30. The largest absolute Gasteiger partial charge is 0.334 e. The van der Waals surface area contributed by atoms with Crippen LogP contribution in [0.4, 0.5) is 13.2 Å². The van der Waals surface area contributed by atoms with Crippen molar-refractivity contribution in [2.24, 2.45) is 0 Å². The third-order valence-corrected chi connectivity index (χ3v) is 7.07. The van der Waals surface area contributed by atoms with Gasteiger partial charge in [-0.1, -0.05) is 22.0 Å². The second-order valence-electron chi connectivity index (χ2n) is 8.14. The number of hydrogen-bond acceptors (Lipinski definition) is 3. The van der Waals surface area contributed by atoms with Gasteiger partial charge in [-0.25, -0.2) is 13.2 Å². The van der Waals surface area contributed by atoms with Gasteiger partial charge in [0.25, 0.3) is 0 Å². The summed E-state index contributed by atoms with van der Waals surface area (Å²) in [5.41, 5.74) is 0.139. The van der Waals surface area contributed by atoms with Gasteiger partial charge in [0.15, 0.2) is 0 Å². The van der Waals surface area contributed by atoms with Gasteiger partial charge < -0.3 is 9.05 Å². The first-order valence-corrected chi connectivity index (χ1v) is 11.6. The Balaban J connectivity index is 2.19. The van der Waals surface area contributed by atoms with Crippen LogP contribution in [0.1, 0.15) is 43.5 Å². The highest BCUT2D eigenvalue weighted by atomic mass is 79.9. The highest BCUT2D eigenvalue weighted by molar-refractivity contribution is 9.10. The topological polar surface area (TPSA) is 21.7 Å². The van der Waals surface area contributed by atoms with Crippen LogP contribution in [0.15, 0.2) is 34.8 Å². The molecule has 3 nitrogen and oxygen atoms in total. The monoisotopic (exact) mass is 503 g/mol. The number of halogens is 4. The van der Waals surface area contributed by atoms with Crippen molar-refractivity contribution in [3.05, 3.63) is 63.1 Å². The van der Waals surface area contributed by atoms with Crippen LogP contribution in [0.3, 0.4) is 0 Å². The second kappa shape index (κ2) is 9.25. The van der Waals surface area contributed by atoms with Gasteiger partial charge in [0.2, 0.25) is 8.38 Å². The first-order chi connectivity index (χ1) is 14.1. The van der Waals surface area contributed by atoms with E-state index in [2.05, 4.69) is 15.9 Å². The minimum absolute atomic E-state index is 0.0534. The van der Waals surface area contributed by atoms with Gasteiger partial charge in [-0.15, -0.1) is 0 Å². The second-order valence-corrected chi connectivity index (χ2v) is 10.8. The van der Waals surface area contributed by atoms with E-state index >= 15 is 8.78 Å². The normalized spacial score (nSPS) is 19.9. The van der Waals surface area contributed by atoms with Crippen LogP contribution >= 0.6 is 24.3 Å². The minimum Gasteiger partial charge on any atom is -0.334 e. The van der Waals surface area contributed by atoms with Crippen molar-refractivity contribution >= 4 is 29.6 Å². The van der Waals surface area contributed by atoms with Crippen molar-refractivity contribution in [2.45, 2.75) is 44.9 Å². The summed E-state index contributed by atoms with van der Waals surface area (Å²) in [7, 11) is 1.93. The molecule has 0 spiro atoms. The molecular weight excluding hydrogens is 478 g/mol. The van der Waals surface area contributed by atoms with Gasteiger partial charge in [0.05, 0.1) is 6.04 Å². The van der Waals surface area contributed by atoms with Crippen LogP contribution in [0.25, 0.3) is 0 Å². The van der Waals surface area contributed by atoms with Crippen molar-refractivity contribution < 1.29 is 22.2 Å². The molecule has 0 saturated carbocycles. The lowest BCUT2D eigenvalue weighted by molar-refractivity contribution is 0.0653. The van der Waals surface area contributed by atoms with E-state index in [0.29, 0.717) is 10.9 Å². The maximum atomic E-state index is 15.0. The predicted octanol–water partition coefficient (Wildman–Crippen LogP) is 6.04. The Labute approximate surface area is 185 Å².